The number of rotatable bonds is 3. The van der Waals surface area contributed by atoms with Gasteiger partial charge in [0.15, 0.2) is 0 Å². The first-order valence-corrected chi connectivity index (χ1v) is 6.95. The zero-order valence-electron chi connectivity index (χ0n) is 12.1. The molecule has 0 bridgehead atoms. The third kappa shape index (κ3) is 3.26. The fourth-order valence-electron chi connectivity index (χ4n) is 2.27. The zero-order valence-corrected chi connectivity index (χ0v) is 12.1. The Morgan fingerprint density at radius 2 is 1.52 bits per heavy atom. The number of urea groups is 1. The van der Waals surface area contributed by atoms with Crippen LogP contribution >= 0.6 is 0 Å². The Morgan fingerprint density at radius 1 is 0.870 bits per heavy atom. The predicted octanol–water partition coefficient (Wildman–Crippen LogP) is 2.98. The summed E-state index contributed by atoms with van der Waals surface area (Å²) in [5.74, 6) is -0.245. The number of para-hydroxylation sites is 1. The molecule has 3 rings (SSSR count). The number of carbonyl (C=O) groups excluding carboxylic acids is 2. The number of carbonyl (C=O) groups is 2. The Hall–Kier alpha value is -3.41. The Bertz CT molecular complexity index is 870. The number of primary amides is 1. The summed E-state index contributed by atoms with van der Waals surface area (Å²) in [6.07, 6.45) is 1.66. The van der Waals surface area contributed by atoms with Gasteiger partial charge in [-0.3, -0.25) is 9.78 Å². The molecule has 3 aromatic rings. The molecule has 0 aliphatic carbocycles. The largest absolute Gasteiger partial charge is 0.351 e. The summed E-state index contributed by atoms with van der Waals surface area (Å²) >= 11 is 0. The molecule has 114 valence electrons. The van der Waals surface area contributed by atoms with E-state index >= 15 is 0 Å². The van der Waals surface area contributed by atoms with Crippen LogP contribution in [0.15, 0.2) is 60.8 Å². The second-order valence-corrected chi connectivity index (χ2v) is 4.90. The highest BCUT2D eigenvalue weighted by molar-refractivity contribution is 6.11. The van der Waals surface area contributed by atoms with E-state index in [1.165, 1.54) is 0 Å². The number of fused-ring (bicyclic) bond motifs is 1. The molecule has 0 aliphatic rings. The zero-order chi connectivity index (χ0) is 16.2. The van der Waals surface area contributed by atoms with Crippen LogP contribution in [-0.4, -0.2) is 16.9 Å². The molecule has 1 aromatic heterocycles. The number of pyridine rings is 1. The number of benzene rings is 2. The van der Waals surface area contributed by atoms with E-state index in [9.17, 15) is 9.59 Å². The van der Waals surface area contributed by atoms with Crippen LogP contribution in [0.1, 0.15) is 10.4 Å². The molecule has 6 heteroatoms. The number of nitrogens with zero attached hydrogens (tertiary/aromatic N) is 1. The molecule has 23 heavy (non-hydrogen) atoms. The van der Waals surface area contributed by atoms with Crippen molar-refractivity contribution in [3.8, 4) is 0 Å². The van der Waals surface area contributed by atoms with Crippen molar-refractivity contribution >= 4 is 34.2 Å². The molecule has 0 atom stereocenters. The Labute approximate surface area is 132 Å². The van der Waals surface area contributed by atoms with Gasteiger partial charge in [0.05, 0.1) is 11.1 Å². The molecule has 0 fully saturated rings. The number of hydrogen-bond acceptors (Lipinski definition) is 3. The van der Waals surface area contributed by atoms with Crippen LogP contribution in [0.2, 0.25) is 0 Å². The SMILES string of the molecule is NC(=O)Nc1ccc(NC(=O)c2cccc3cccnc23)cc1. The highest BCUT2D eigenvalue weighted by Gasteiger charge is 2.11. The molecular weight excluding hydrogens is 292 g/mol. The molecule has 3 amide bonds. The van der Waals surface area contributed by atoms with Gasteiger partial charge in [-0.15, -0.1) is 0 Å². The van der Waals surface area contributed by atoms with Crippen LogP contribution in [0.25, 0.3) is 10.9 Å². The minimum absolute atomic E-state index is 0.245. The molecule has 1 heterocycles. The van der Waals surface area contributed by atoms with E-state index in [2.05, 4.69) is 15.6 Å². The van der Waals surface area contributed by atoms with Gasteiger partial charge in [-0.1, -0.05) is 18.2 Å². The lowest BCUT2D eigenvalue weighted by molar-refractivity contribution is 0.102. The Kier molecular flexibility index (Phi) is 3.88. The minimum atomic E-state index is -0.636. The second kappa shape index (κ2) is 6.15. The van der Waals surface area contributed by atoms with Crippen molar-refractivity contribution in [3.05, 3.63) is 66.4 Å². The molecule has 6 nitrogen and oxygen atoms in total. The Balaban J connectivity index is 1.82. The molecule has 0 aliphatic heterocycles. The maximum absolute atomic E-state index is 12.4. The van der Waals surface area contributed by atoms with Gasteiger partial charge in [-0.2, -0.15) is 0 Å². The number of nitrogens with two attached hydrogens (primary N) is 1. The van der Waals surface area contributed by atoms with Crippen molar-refractivity contribution in [1.29, 1.82) is 0 Å². The molecule has 0 saturated carbocycles. The highest BCUT2D eigenvalue weighted by Crippen LogP contribution is 2.19. The molecule has 0 radical (unpaired) electrons. The maximum atomic E-state index is 12.4. The van der Waals surface area contributed by atoms with Gasteiger partial charge in [0.2, 0.25) is 0 Å². The lowest BCUT2D eigenvalue weighted by Gasteiger charge is -2.08. The third-order valence-corrected chi connectivity index (χ3v) is 3.29. The van der Waals surface area contributed by atoms with Crippen molar-refractivity contribution in [2.45, 2.75) is 0 Å². The standard InChI is InChI=1S/C17H14N4O2/c18-17(23)21-13-8-6-12(7-9-13)20-16(22)14-5-1-3-11-4-2-10-19-15(11)14/h1-10H,(H,20,22)(H3,18,21,23). The average Bonchev–Trinajstić information content (AvgIpc) is 2.55. The quantitative estimate of drug-likeness (QED) is 0.694. The smallest absolute Gasteiger partial charge is 0.316 e. The molecule has 4 N–H and O–H groups in total. The van der Waals surface area contributed by atoms with Crippen molar-refractivity contribution in [1.82, 2.24) is 4.98 Å². The van der Waals surface area contributed by atoms with E-state index in [1.807, 2.05) is 24.3 Å². The lowest BCUT2D eigenvalue weighted by Crippen LogP contribution is -2.19. The Morgan fingerprint density at radius 3 is 2.22 bits per heavy atom. The molecule has 0 saturated heterocycles. The van der Waals surface area contributed by atoms with Crippen molar-refractivity contribution < 1.29 is 9.59 Å². The number of nitrogens with one attached hydrogen (secondary N) is 2. The van der Waals surface area contributed by atoms with Crippen molar-refractivity contribution in [2.75, 3.05) is 10.6 Å². The van der Waals surface area contributed by atoms with Gasteiger partial charge < -0.3 is 16.4 Å². The van der Waals surface area contributed by atoms with E-state index in [1.54, 1.807) is 36.5 Å². The van der Waals surface area contributed by atoms with Gasteiger partial charge in [0.25, 0.3) is 5.91 Å². The van der Waals surface area contributed by atoms with Crippen LogP contribution in [0.4, 0.5) is 16.2 Å². The molecule has 2 aromatic carbocycles. The third-order valence-electron chi connectivity index (χ3n) is 3.29. The van der Waals surface area contributed by atoms with Crippen LogP contribution in [0, 0.1) is 0 Å². The van der Waals surface area contributed by atoms with Crippen molar-refractivity contribution in [2.24, 2.45) is 5.73 Å². The van der Waals surface area contributed by atoms with Crippen LogP contribution in [0.3, 0.4) is 0 Å². The normalized spacial score (nSPS) is 10.3. The van der Waals surface area contributed by atoms with Gasteiger partial charge in [0.1, 0.15) is 0 Å². The summed E-state index contributed by atoms with van der Waals surface area (Å²) in [6, 6.07) is 15.2. The van der Waals surface area contributed by atoms with E-state index in [0.717, 1.165) is 5.39 Å². The number of hydrogen-bond donors (Lipinski definition) is 3. The summed E-state index contributed by atoms with van der Waals surface area (Å²) in [6.45, 7) is 0. The molecular formula is C17H14N4O2. The first kappa shape index (κ1) is 14.5. The number of amides is 3. The van der Waals surface area contributed by atoms with Gasteiger partial charge >= 0.3 is 6.03 Å². The second-order valence-electron chi connectivity index (χ2n) is 4.90. The predicted molar refractivity (Wildman–Crippen MR) is 89.3 cm³/mol. The average molecular weight is 306 g/mol. The number of anilines is 2. The van der Waals surface area contributed by atoms with Crippen LogP contribution in [0.5, 0.6) is 0 Å². The van der Waals surface area contributed by atoms with E-state index < -0.39 is 6.03 Å². The van der Waals surface area contributed by atoms with Gasteiger partial charge in [0, 0.05) is 23.0 Å². The monoisotopic (exact) mass is 306 g/mol. The summed E-state index contributed by atoms with van der Waals surface area (Å²) in [4.78, 5) is 27.5. The summed E-state index contributed by atoms with van der Waals surface area (Å²) in [5.41, 5.74) is 7.37. The molecule has 0 spiro atoms. The van der Waals surface area contributed by atoms with E-state index in [0.29, 0.717) is 22.5 Å². The maximum Gasteiger partial charge on any atom is 0.316 e. The number of aromatic nitrogens is 1. The van der Waals surface area contributed by atoms with Gasteiger partial charge in [-0.25, -0.2) is 4.79 Å². The summed E-state index contributed by atoms with van der Waals surface area (Å²) in [5, 5.41) is 6.17. The van der Waals surface area contributed by atoms with E-state index in [4.69, 9.17) is 5.73 Å². The first-order chi connectivity index (χ1) is 11.1. The molecule has 0 unspecified atom stereocenters. The van der Waals surface area contributed by atoms with Gasteiger partial charge in [-0.05, 0) is 36.4 Å². The fourth-order valence-corrected chi connectivity index (χ4v) is 2.27. The minimum Gasteiger partial charge on any atom is -0.351 e. The highest BCUT2D eigenvalue weighted by atomic mass is 16.2. The lowest BCUT2D eigenvalue weighted by atomic mass is 10.1. The van der Waals surface area contributed by atoms with Crippen LogP contribution in [-0.2, 0) is 0 Å². The van der Waals surface area contributed by atoms with Crippen LogP contribution < -0.4 is 16.4 Å². The fraction of sp³-hybridized carbons (Fsp3) is 0. The topological polar surface area (TPSA) is 97.1 Å². The van der Waals surface area contributed by atoms with E-state index in [-0.39, 0.29) is 5.91 Å². The van der Waals surface area contributed by atoms with Crippen molar-refractivity contribution in [3.63, 3.8) is 0 Å². The first-order valence-electron chi connectivity index (χ1n) is 6.95. The summed E-state index contributed by atoms with van der Waals surface area (Å²) < 4.78 is 0. The summed E-state index contributed by atoms with van der Waals surface area (Å²) in [7, 11) is 0.